The van der Waals surface area contributed by atoms with Gasteiger partial charge in [-0.3, -0.25) is 4.79 Å². The fraction of sp³-hybridized carbons (Fsp3) is 0.143. The third kappa shape index (κ3) is 11.3. The number of nitrogens with two attached hydrogens (primary N) is 1. The smallest absolute Gasteiger partial charge is 0.238 e. The third-order valence-corrected chi connectivity index (χ3v) is 9.82. The molecule has 2 N–H and O–H groups in total. The molecule has 0 unspecified atom stereocenters. The zero-order valence-electron chi connectivity index (χ0n) is 30.4. The lowest BCUT2D eigenvalue weighted by molar-refractivity contribution is -0.117. The molecule has 1 heterocycles. The molecule has 0 fully saturated rings. The molecule has 8 nitrogen and oxygen atoms in total. The number of ketones is 2. The Balaban J connectivity index is 0.000000230. The minimum Gasteiger partial charge on any atom is -0.488 e. The van der Waals surface area contributed by atoms with E-state index in [2.05, 4.69) is 0 Å². The maximum atomic E-state index is 14.1. The highest BCUT2D eigenvalue weighted by atomic mass is 35.5. The summed E-state index contributed by atoms with van der Waals surface area (Å²) in [7, 11) is -3.89. The molecule has 0 saturated heterocycles. The highest BCUT2D eigenvalue weighted by Gasteiger charge is 2.18. The van der Waals surface area contributed by atoms with Gasteiger partial charge in [-0.15, -0.1) is 0 Å². The number of aryl methyl sites for hydroxylation is 1. The number of halogens is 6. The second-order valence-corrected chi connectivity index (χ2v) is 15.1. The Bertz CT molecular complexity index is 2560. The van der Waals surface area contributed by atoms with Crippen LogP contribution in [0.3, 0.4) is 0 Å². The number of hydrogen-bond donors (Lipinski definition) is 1. The van der Waals surface area contributed by atoms with Crippen molar-refractivity contribution in [2.45, 2.75) is 44.8 Å². The van der Waals surface area contributed by atoms with Crippen LogP contribution in [0.25, 0.3) is 16.9 Å². The summed E-state index contributed by atoms with van der Waals surface area (Å²) < 4.78 is 90.7. The summed E-state index contributed by atoms with van der Waals surface area (Å²) in [4.78, 5) is 23.2. The lowest BCUT2D eigenvalue weighted by atomic mass is 10.0. The van der Waals surface area contributed by atoms with E-state index >= 15 is 0 Å². The Morgan fingerprint density at radius 2 is 1.28 bits per heavy atom. The van der Waals surface area contributed by atoms with Gasteiger partial charge in [0.1, 0.15) is 53.8 Å². The largest absolute Gasteiger partial charge is 0.488 e. The van der Waals surface area contributed by atoms with Crippen molar-refractivity contribution < 1.29 is 45.0 Å². The van der Waals surface area contributed by atoms with Gasteiger partial charge in [0.2, 0.25) is 10.0 Å². The van der Waals surface area contributed by atoms with Crippen molar-refractivity contribution in [3.05, 3.63) is 165 Å². The first-order valence-corrected chi connectivity index (χ1v) is 19.4. The molecule has 0 bridgehead atoms. The fourth-order valence-corrected chi connectivity index (χ4v) is 6.48. The highest BCUT2D eigenvalue weighted by Crippen LogP contribution is 2.36. The Morgan fingerprint density at radius 3 is 1.86 bits per heavy atom. The fourth-order valence-electron chi connectivity index (χ4n) is 5.58. The van der Waals surface area contributed by atoms with Crippen molar-refractivity contribution in [3.8, 4) is 28.4 Å². The number of hydrogen-bond acceptors (Lipinski definition) is 6. The average molecular weight is 842 g/mol. The van der Waals surface area contributed by atoms with E-state index in [-0.39, 0.29) is 65.0 Å². The van der Waals surface area contributed by atoms with Gasteiger partial charge in [0.05, 0.1) is 16.2 Å². The van der Waals surface area contributed by atoms with Crippen molar-refractivity contribution >= 4 is 44.8 Å². The van der Waals surface area contributed by atoms with E-state index in [1.807, 2.05) is 23.6 Å². The van der Waals surface area contributed by atoms with Gasteiger partial charge >= 0.3 is 0 Å². The SMILES string of the molecule is CC(=O)CCC(=O)c1cc(Cl)ccc1OCc1ccc(F)cc1F.Cc1ccc(-c2cc(Cl)ccc2OCc2ccc(F)cc2F)n1-c1cccc(S(N)(=O)=O)c1. The third-order valence-electron chi connectivity index (χ3n) is 8.44. The van der Waals surface area contributed by atoms with Crippen LogP contribution in [-0.4, -0.2) is 24.6 Å². The standard InChI is InChI=1S/C24H19ClF2N2O3S.C18H15ClF2O3/c1-15-5-9-23(29(15)19-3-2-4-20(13-19)33(28,30)31)21-11-17(25)7-10-24(21)32-14-16-6-8-18(26)12-22(16)27;1-11(22)2-6-17(23)15-8-13(19)4-7-18(15)24-10-12-3-5-14(20)9-16(12)21/h2-13H,14H2,1H3,(H2,28,30,31);3-5,7-9H,2,6,10H2,1H3. The summed E-state index contributed by atoms with van der Waals surface area (Å²) in [5.74, 6) is -2.51. The number of Topliss-reactive ketones (excluding diaryl/α,β-unsaturated/α-hetero) is 2. The molecular formula is C42H34Cl2F4N2O6S. The number of benzene rings is 5. The van der Waals surface area contributed by atoms with Gasteiger partial charge in [-0.05, 0) is 105 Å². The molecule has 6 aromatic rings. The number of sulfonamides is 1. The van der Waals surface area contributed by atoms with E-state index < -0.39 is 33.3 Å². The quantitative estimate of drug-likeness (QED) is 0.0914. The van der Waals surface area contributed by atoms with Crippen molar-refractivity contribution in [1.29, 1.82) is 0 Å². The van der Waals surface area contributed by atoms with Crippen LogP contribution >= 0.6 is 23.2 Å². The van der Waals surface area contributed by atoms with E-state index in [9.17, 15) is 35.6 Å². The number of carbonyl (C=O) groups is 2. The molecule has 0 aliphatic carbocycles. The minimum atomic E-state index is -3.89. The highest BCUT2D eigenvalue weighted by molar-refractivity contribution is 7.89. The Labute approximate surface area is 336 Å². The summed E-state index contributed by atoms with van der Waals surface area (Å²) in [6.45, 7) is 2.98. The van der Waals surface area contributed by atoms with Crippen LogP contribution in [0.4, 0.5) is 17.6 Å². The number of primary sulfonamides is 1. The molecule has 1 aromatic heterocycles. The molecule has 0 atom stereocenters. The van der Waals surface area contributed by atoms with Crippen LogP contribution in [-0.2, 0) is 28.0 Å². The summed E-state index contributed by atoms with van der Waals surface area (Å²) in [5.41, 5.74) is 3.28. The molecule has 0 amide bonds. The number of nitrogens with zero attached hydrogens (tertiary/aromatic N) is 1. The van der Waals surface area contributed by atoms with Gasteiger partial charge in [-0.2, -0.15) is 0 Å². The predicted octanol–water partition coefficient (Wildman–Crippen LogP) is 10.4. The van der Waals surface area contributed by atoms with E-state index in [0.29, 0.717) is 32.7 Å². The van der Waals surface area contributed by atoms with Crippen LogP contribution in [0.15, 0.2) is 114 Å². The van der Waals surface area contributed by atoms with E-state index in [1.165, 1.54) is 43.3 Å². The topological polar surface area (TPSA) is 118 Å². The Morgan fingerprint density at radius 1 is 0.702 bits per heavy atom. The summed E-state index contributed by atoms with van der Waals surface area (Å²) in [6.07, 6.45) is 0.161. The molecule has 15 heteroatoms. The molecular weight excluding hydrogens is 807 g/mol. The van der Waals surface area contributed by atoms with Crippen LogP contribution in [0.2, 0.25) is 10.0 Å². The van der Waals surface area contributed by atoms with E-state index in [0.717, 1.165) is 30.0 Å². The van der Waals surface area contributed by atoms with Gasteiger partial charge in [0, 0.05) is 63.1 Å². The van der Waals surface area contributed by atoms with Crippen molar-refractivity contribution in [3.63, 3.8) is 0 Å². The first kappa shape index (κ1) is 42.7. The van der Waals surface area contributed by atoms with Gasteiger partial charge in [0.25, 0.3) is 0 Å². The maximum absolute atomic E-state index is 14.1. The number of aromatic nitrogens is 1. The van der Waals surface area contributed by atoms with Crippen LogP contribution in [0, 0.1) is 30.2 Å². The molecule has 296 valence electrons. The lowest BCUT2D eigenvalue weighted by Gasteiger charge is -2.17. The van der Waals surface area contributed by atoms with Gasteiger partial charge < -0.3 is 18.8 Å². The van der Waals surface area contributed by atoms with Crippen LogP contribution < -0.4 is 14.6 Å². The monoisotopic (exact) mass is 840 g/mol. The van der Waals surface area contributed by atoms with Crippen molar-refractivity contribution in [2.75, 3.05) is 0 Å². The molecule has 57 heavy (non-hydrogen) atoms. The Kier molecular flexibility index (Phi) is 14.0. The number of ether oxygens (including phenoxy) is 2. The first-order chi connectivity index (χ1) is 27.0. The lowest BCUT2D eigenvalue weighted by Crippen LogP contribution is -2.12. The van der Waals surface area contributed by atoms with Gasteiger partial charge in [-0.25, -0.2) is 31.1 Å². The summed E-state index contributed by atoms with van der Waals surface area (Å²) in [6, 6.07) is 25.9. The second kappa shape index (κ2) is 18.6. The second-order valence-electron chi connectivity index (χ2n) is 12.7. The zero-order chi connectivity index (χ0) is 41.4. The average Bonchev–Trinajstić information content (AvgIpc) is 3.54. The van der Waals surface area contributed by atoms with E-state index in [1.54, 1.807) is 36.4 Å². The predicted molar refractivity (Wildman–Crippen MR) is 209 cm³/mol. The normalized spacial score (nSPS) is 11.1. The summed E-state index contributed by atoms with van der Waals surface area (Å²) in [5, 5.41) is 6.10. The first-order valence-electron chi connectivity index (χ1n) is 17.1. The van der Waals surface area contributed by atoms with Crippen LogP contribution in [0.5, 0.6) is 11.5 Å². The summed E-state index contributed by atoms with van der Waals surface area (Å²) >= 11 is 12.2. The van der Waals surface area contributed by atoms with Crippen LogP contribution in [0.1, 0.15) is 46.9 Å². The van der Waals surface area contributed by atoms with E-state index in [4.69, 9.17) is 37.8 Å². The molecule has 0 radical (unpaired) electrons. The molecule has 0 aliphatic heterocycles. The minimum absolute atomic E-state index is 0.0200. The van der Waals surface area contributed by atoms with Crippen molar-refractivity contribution in [2.24, 2.45) is 5.14 Å². The van der Waals surface area contributed by atoms with Gasteiger partial charge in [-0.1, -0.05) is 29.3 Å². The number of rotatable bonds is 13. The zero-order valence-corrected chi connectivity index (χ0v) is 32.7. The molecule has 0 aliphatic rings. The molecule has 0 spiro atoms. The Hall–Kier alpha value is -5.47. The maximum Gasteiger partial charge on any atom is 0.238 e. The molecule has 5 aromatic carbocycles. The molecule has 6 rings (SSSR count). The van der Waals surface area contributed by atoms with Crippen molar-refractivity contribution in [1.82, 2.24) is 4.57 Å². The van der Waals surface area contributed by atoms with Gasteiger partial charge in [0.15, 0.2) is 5.78 Å². The number of carbonyl (C=O) groups excluding carboxylic acids is 2. The molecule has 0 saturated carbocycles.